The molecule has 0 aliphatic carbocycles. The molecule has 2 heterocycles. The molecule has 1 aliphatic heterocycles. The van der Waals surface area contributed by atoms with E-state index in [2.05, 4.69) is 10.0 Å². The number of ether oxygens (including phenoxy) is 1. The highest BCUT2D eigenvalue weighted by atomic mass is 35.5. The van der Waals surface area contributed by atoms with E-state index in [-0.39, 0.29) is 29.6 Å². The molecule has 0 radical (unpaired) electrons. The van der Waals surface area contributed by atoms with E-state index in [1.807, 2.05) is 37.3 Å². The van der Waals surface area contributed by atoms with Crippen molar-refractivity contribution in [2.45, 2.75) is 12.8 Å². The second-order valence-electron chi connectivity index (χ2n) is 7.83. The molecule has 4 rings (SSSR count). The Morgan fingerprint density at radius 2 is 1.78 bits per heavy atom. The quantitative estimate of drug-likeness (QED) is 0.255. The van der Waals surface area contributed by atoms with Gasteiger partial charge in [0.2, 0.25) is 0 Å². The van der Waals surface area contributed by atoms with Crippen LogP contribution in [0.2, 0.25) is 0 Å². The summed E-state index contributed by atoms with van der Waals surface area (Å²) in [7, 11) is 0. The molecule has 1 fully saturated rings. The molecule has 3 aromatic rings. The molecule has 1 aliphatic rings. The van der Waals surface area contributed by atoms with E-state index in [0.717, 1.165) is 18.7 Å². The molecule has 1 saturated heterocycles. The third-order valence-corrected chi connectivity index (χ3v) is 5.99. The summed E-state index contributed by atoms with van der Waals surface area (Å²) in [4.78, 5) is 15.4. The first-order valence-electron chi connectivity index (χ1n) is 10.4. The zero-order chi connectivity index (χ0) is 21.8. The molecule has 8 heteroatoms. The molecule has 2 unspecified atom stereocenters. The fourth-order valence-electron chi connectivity index (χ4n) is 4.32. The van der Waals surface area contributed by atoms with Crippen molar-refractivity contribution < 1.29 is 14.3 Å². The lowest BCUT2D eigenvalue weighted by molar-refractivity contribution is 0.0335. The number of nitrogens with two attached hydrogens (primary N) is 1. The van der Waals surface area contributed by atoms with Crippen LogP contribution in [0.15, 0.2) is 68.9 Å². The topological polar surface area (TPSA) is 101 Å². The molecular weight excluding hydrogens is 430 g/mol. The lowest BCUT2D eigenvalue weighted by atomic mass is 9.78. The van der Waals surface area contributed by atoms with Gasteiger partial charge in [0.15, 0.2) is 0 Å². The van der Waals surface area contributed by atoms with Crippen molar-refractivity contribution in [3.05, 3.63) is 76.1 Å². The highest BCUT2D eigenvalue weighted by Crippen LogP contribution is 2.39. The molecule has 0 amide bonds. The third-order valence-electron chi connectivity index (χ3n) is 5.99. The van der Waals surface area contributed by atoms with Crippen molar-refractivity contribution in [1.29, 1.82) is 0 Å². The lowest BCUT2D eigenvalue weighted by Gasteiger charge is -2.34. The number of hydrogen-bond donors (Lipinski definition) is 2. The van der Waals surface area contributed by atoms with Crippen LogP contribution in [0.5, 0.6) is 5.75 Å². The van der Waals surface area contributed by atoms with Gasteiger partial charge in [-0.25, -0.2) is 4.79 Å². The molecule has 1 aromatic heterocycles. The van der Waals surface area contributed by atoms with Crippen molar-refractivity contribution in [2.24, 2.45) is 16.9 Å². The molecule has 7 nitrogen and oxygen atoms in total. The van der Waals surface area contributed by atoms with Gasteiger partial charge in [0, 0.05) is 37.2 Å². The summed E-state index contributed by atoms with van der Waals surface area (Å²) >= 11 is 0. The van der Waals surface area contributed by atoms with Gasteiger partial charge in [0.1, 0.15) is 11.3 Å². The first-order chi connectivity index (χ1) is 15.1. The molecule has 0 saturated carbocycles. The number of rotatable bonds is 6. The monoisotopic (exact) mass is 457 g/mol. The first-order valence-corrected chi connectivity index (χ1v) is 10.4. The van der Waals surface area contributed by atoms with Gasteiger partial charge in [-0.15, -0.1) is 12.4 Å². The maximum absolute atomic E-state index is 13.1. The molecule has 0 spiro atoms. The Hall–Kier alpha value is -2.87. The summed E-state index contributed by atoms with van der Waals surface area (Å²) in [6.07, 6.45) is 0. The largest absolute Gasteiger partial charge is 0.507 e. The SMILES string of the molecule is C/C(=N/N)C(CN1CCOCC1)C(c1ccccc1)c1c(O)c2ccccc2oc1=O.Cl. The highest BCUT2D eigenvalue weighted by Gasteiger charge is 2.34. The van der Waals surface area contributed by atoms with E-state index in [1.54, 1.807) is 24.3 Å². The van der Waals surface area contributed by atoms with Gasteiger partial charge in [0.05, 0.1) is 24.2 Å². The van der Waals surface area contributed by atoms with E-state index in [0.29, 0.717) is 36.4 Å². The summed E-state index contributed by atoms with van der Waals surface area (Å²) in [6.45, 7) is 5.38. The van der Waals surface area contributed by atoms with Crippen LogP contribution in [0.4, 0.5) is 0 Å². The summed E-state index contributed by atoms with van der Waals surface area (Å²) < 4.78 is 11.1. The Balaban J connectivity index is 0.00000289. The Bertz CT molecular complexity index is 1130. The average molecular weight is 458 g/mol. The Morgan fingerprint density at radius 1 is 1.12 bits per heavy atom. The number of halogens is 1. The number of hydrazone groups is 1. The van der Waals surface area contributed by atoms with Crippen LogP contribution in [0.3, 0.4) is 0 Å². The summed E-state index contributed by atoms with van der Waals surface area (Å²) in [5, 5.41) is 15.7. The van der Waals surface area contributed by atoms with Gasteiger partial charge in [-0.2, -0.15) is 5.10 Å². The number of nitrogens with zero attached hydrogens (tertiary/aromatic N) is 2. The van der Waals surface area contributed by atoms with Gasteiger partial charge in [-0.3, -0.25) is 4.90 Å². The standard InChI is InChI=1S/C24H27N3O4.ClH/c1-16(26-25)19(15-27-11-13-30-14-12-27)21(17-7-3-2-4-8-17)22-23(28)18-9-5-6-10-20(18)31-24(22)29;/h2-10,19,21,28H,11-15,25H2,1H3;1H/b26-16-;. The van der Waals surface area contributed by atoms with Crippen molar-refractivity contribution >= 4 is 29.1 Å². The molecule has 2 atom stereocenters. The Labute approximate surface area is 192 Å². The second-order valence-corrected chi connectivity index (χ2v) is 7.83. The van der Waals surface area contributed by atoms with E-state index in [9.17, 15) is 9.90 Å². The van der Waals surface area contributed by atoms with Crippen LogP contribution in [-0.4, -0.2) is 48.6 Å². The number of hydrogen-bond acceptors (Lipinski definition) is 7. The average Bonchev–Trinajstić information content (AvgIpc) is 2.81. The maximum atomic E-state index is 13.1. The lowest BCUT2D eigenvalue weighted by Crippen LogP contribution is -2.43. The summed E-state index contributed by atoms with van der Waals surface area (Å²) in [5.74, 6) is 4.95. The zero-order valence-electron chi connectivity index (χ0n) is 17.9. The van der Waals surface area contributed by atoms with Crippen LogP contribution < -0.4 is 11.5 Å². The number of para-hydroxylation sites is 1. The highest BCUT2D eigenvalue weighted by molar-refractivity contribution is 5.88. The minimum absolute atomic E-state index is 0. The fraction of sp³-hybridized carbons (Fsp3) is 0.333. The van der Waals surface area contributed by atoms with Crippen LogP contribution >= 0.6 is 12.4 Å². The second kappa shape index (κ2) is 10.6. The number of aromatic hydroxyl groups is 1. The predicted molar refractivity (Wildman–Crippen MR) is 128 cm³/mol. The number of morpholine rings is 1. The molecule has 2 aromatic carbocycles. The summed E-state index contributed by atoms with van der Waals surface area (Å²) in [5.41, 5.74) is 1.62. The minimum atomic E-state index is -0.554. The van der Waals surface area contributed by atoms with Gasteiger partial charge in [-0.1, -0.05) is 42.5 Å². The Kier molecular flexibility index (Phi) is 7.90. The van der Waals surface area contributed by atoms with Crippen molar-refractivity contribution in [3.8, 4) is 5.75 Å². The van der Waals surface area contributed by atoms with Crippen LogP contribution in [0.1, 0.15) is 24.0 Å². The fourth-order valence-corrected chi connectivity index (χ4v) is 4.32. The summed E-state index contributed by atoms with van der Waals surface area (Å²) in [6, 6.07) is 16.7. The van der Waals surface area contributed by atoms with Crippen LogP contribution in [-0.2, 0) is 4.74 Å². The molecule has 32 heavy (non-hydrogen) atoms. The third kappa shape index (κ3) is 4.80. The predicted octanol–water partition coefficient (Wildman–Crippen LogP) is 3.34. The molecular formula is C24H28ClN3O4. The zero-order valence-corrected chi connectivity index (χ0v) is 18.8. The number of benzene rings is 2. The van der Waals surface area contributed by atoms with E-state index >= 15 is 0 Å². The van der Waals surface area contributed by atoms with Gasteiger partial charge in [0.25, 0.3) is 0 Å². The van der Waals surface area contributed by atoms with Gasteiger partial charge in [-0.05, 0) is 24.6 Å². The van der Waals surface area contributed by atoms with E-state index in [4.69, 9.17) is 15.0 Å². The van der Waals surface area contributed by atoms with E-state index in [1.165, 1.54) is 0 Å². The molecule has 3 N–H and O–H groups in total. The first kappa shape index (κ1) is 23.8. The Morgan fingerprint density at radius 3 is 2.47 bits per heavy atom. The molecule has 0 bridgehead atoms. The van der Waals surface area contributed by atoms with Gasteiger partial charge >= 0.3 is 5.63 Å². The smallest absolute Gasteiger partial charge is 0.343 e. The van der Waals surface area contributed by atoms with Crippen molar-refractivity contribution in [3.63, 3.8) is 0 Å². The van der Waals surface area contributed by atoms with E-state index < -0.39 is 11.5 Å². The van der Waals surface area contributed by atoms with Crippen molar-refractivity contribution in [2.75, 3.05) is 32.8 Å². The molecule has 170 valence electrons. The van der Waals surface area contributed by atoms with Crippen LogP contribution in [0.25, 0.3) is 11.0 Å². The number of fused-ring (bicyclic) bond motifs is 1. The van der Waals surface area contributed by atoms with Gasteiger partial charge < -0.3 is 20.1 Å². The van der Waals surface area contributed by atoms with Crippen LogP contribution in [0, 0.1) is 5.92 Å². The maximum Gasteiger partial charge on any atom is 0.343 e. The normalized spacial score (nSPS) is 17.0. The van der Waals surface area contributed by atoms with Crippen molar-refractivity contribution in [1.82, 2.24) is 4.90 Å². The minimum Gasteiger partial charge on any atom is -0.507 e.